The smallest absolute Gasteiger partial charge is 0.161 e. The standard InChI is InChI=1S/C16H21NO3S/c1-16(2,3)14-13(9-18)21-15(17-14)10-6-7-11(19-4)12(8-10)20-5/h6-8,18H,9H2,1-5H3. The fraction of sp³-hybridized carbons (Fsp3) is 0.438. The molecule has 0 saturated carbocycles. The van der Waals surface area contributed by atoms with Gasteiger partial charge in [0.25, 0.3) is 0 Å². The van der Waals surface area contributed by atoms with Crippen LogP contribution in [0.4, 0.5) is 0 Å². The van der Waals surface area contributed by atoms with Gasteiger partial charge in [-0.25, -0.2) is 4.98 Å². The van der Waals surface area contributed by atoms with Crippen LogP contribution in [0.5, 0.6) is 11.5 Å². The van der Waals surface area contributed by atoms with Crippen molar-refractivity contribution in [1.29, 1.82) is 0 Å². The number of aliphatic hydroxyl groups excluding tert-OH is 1. The van der Waals surface area contributed by atoms with Crippen molar-refractivity contribution in [3.63, 3.8) is 0 Å². The molecule has 0 aliphatic carbocycles. The van der Waals surface area contributed by atoms with Gasteiger partial charge in [-0.05, 0) is 18.2 Å². The summed E-state index contributed by atoms with van der Waals surface area (Å²) in [6.07, 6.45) is 0. The van der Waals surface area contributed by atoms with E-state index in [1.165, 1.54) is 11.3 Å². The molecule has 0 spiro atoms. The second-order valence-electron chi connectivity index (χ2n) is 5.77. The number of rotatable bonds is 4. The third kappa shape index (κ3) is 3.19. The fourth-order valence-electron chi connectivity index (χ4n) is 2.14. The molecule has 2 aromatic rings. The molecular formula is C16H21NO3S. The molecule has 4 nitrogen and oxygen atoms in total. The highest BCUT2D eigenvalue weighted by atomic mass is 32.1. The lowest BCUT2D eigenvalue weighted by atomic mass is 9.91. The zero-order valence-electron chi connectivity index (χ0n) is 13.1. The number of benzene rings is 1. The van der Waals surface area contributed by atoms with Crippen molar-refractivity contribution in [2.24, 2.45) is 0 Å². The first kappa shape index (κ1) is 15.8. The number of hydrogen-bond acceptors (Lipinski definition) is 5. The van der Waals surface area contributed by atoms with Gasteiger partial charge in [0.2, 0.25) is 0 Å². The molecule has 1 heterocycles. The summed E-state index contributed by atoms with van der Waals surface area (Å²) in [5, 5.41) is 10.4. The first-order chi connectivity index (χ1) is 9.90. The van der Waals surface area contributed by atoms with Crippen molar-refractivity contribution >= 4 is 11.3 Å². The molecule has 1 aromatic heterocycles. The zero-order valence-corrected chi connectivity index (χ0v) is 13.9. The molecule has 114 valence electrons. The fourth-order valence-corrected chi connectivity index (χ4v) is 3.27. The molecule has 0 unspecified atom stereocenters. The van der Waals surface area contributed by atoms with Crippen LogP contribution in [0, 0.1) is 0 Å². The Balaban J connectivity index is 2.50. The van der Waals surface area contributed by atoms with E-state index in [1.807, 2.05) is 18.2 Å². The third-order valence-corrected chi connectivity index (χ3v) is 4.27. The maximum absolute atomic E-state index is 9.55. The van der Waals surface area contributed by atoms with Gasteiger partial charge in [0, 0.05) is 11.0 Å². The molecule has 0 fully saturated rings. The number of ether oxygens (including phenoxy) is 2. The highest BCUT2D eigenvalue weighted by Crippen LogP contribution is 2.37. The average molecular weight is 307 g/mol. The van der Waals surface area contributed by atoms with Crippen LogP contribution < -0.4 is 9.47 Å². The van der Waals surface area contributed by atoms with Crippen molar-refractivity contribution in [2.75, 3.05) is 14.2 Å². The maximum atomic E-state index is 9.55. The largest absolute Gasteiger partial charge is 0.493 e. The molecule has 2 rings (SSSR count). The van der Waals surface area contributed by atoms with Gasteiger partial charge in [0.1, 0.15) is 5.01 Å². The predicted octanol–water partition coefficient (Wildman–Crippen LogP) is 3.62. The van der Waals surface area contributed by atoms with Crippen LogP contribution in [-0.2, 0) is 12.0 Å². The third-order valence-electron chi connectivity index (χ3n) is 3.18. The lowest BCUT2D eigenvalue weighted by Gasteiger charge is -2.16. The van der Waals surface area contributed by atoms with E-state index in [0.717, 1.165) is 21.1 Å². The lowest BCUT2D eigenvalue weighted by molar-refractivity contribution is 0.282. The summed E-state index contributed by atoms with van der Waals surface area (Å²) in [5.74, 6) is 1.37. The van der Waals surface area contributed by atoms with Crippen LogP contribution in [0.25, 0.3) is 10.6 Å². The van der Waals surface area contributed by atoms with Crippen molar-refractivity contribution < 1.29 is 14.6 Å². The van der Waals surface area contributed by atoms with Crippen LogP contribution in [0.2, 0.25) is 0 Å². The molecule has 0 radical (unpaired) electrons. The summed E-state index contributed by atoms with van der Waals surface area (Å²) >= 11 is 1.51. The maximum Gasteiger partial charge on any atom is 0.161 e. The number of aliphatic hydroxyl groups is 1. The first-order valence-electron chi connectivity index (χ1n) is 6.74. The van der Waals surface area contributed by atoms with Gasteiger partial charge in [0.05, 0.1) is 31.4 Å². The molecule has 0 saturated heterocycles. The number of aromatic nitrogens is 1. The molecule has 5 heteroatoms. The Bertz CT molecular complexity index is 629. The van der Waals surface area contributed by atoms with Crippen molar-refractivity contribution in [3.05, 3.63) is 28.8 Å². The summed E-state index contributed by atoms with van der Waals surface area (Å²) < 4.78 is 10.6. The van der Waals surface area contributed by atoms with Crippen LogP contribution in [0.15, 0.2) is 18.2 Å². The van der Waals surface area contributed by atoms with Crippen molar-refractivity contribution in [1.82, 2.24) is 4.98 Å². The second-order valence-corrected chi connectivity index (χ2v) is 6.85. The van der Waals surface area contributed by atoms with Crippen LogP contribution in [-0.4, -0.2) is 24.3 Å². The van der Waals surface area contributed by atoms with E-state index in [4.69, 9.17) is 14.5 Å². The summed E-state index contributed by atoms with van der Waals surface area (Å²) in [4.78, 5) is 5.63. The summed E-state index contributed by atoms with van der Waals surface area (Å²) in [6.45, 7) is 6.30. The number of methoxy groups -OCH3 is 2. The average Bonchev–Trinajstić information content (AvgIpc) is 2.90. The highest BCUT2D eigenvalue weighted by molar-refractivity contribution is 7.15. The topological polar surface area (TPSA) is 51.6 Å². The van der Waals surface area contributed by atoms with Crippen LogP contribution in [0.3, 0.4) is 0 Å². The zero-order chi connectivity index (χ0) is 15.6. The second kappa shape index (κ2) is 6.03. The van der Waals surface area contributed by atoms with E-state index < -0.39 is 0 Å². The van der Waals surface area contributed by atoms with E-state index in [-0.39, 0.29) is 12.0 Å². The van der Waals surface area contributed by atoms with Gasteiger partial charge < -0.3 is 14.6 Å². The van der Waals surface area contributed by atoms with Gasteiger partial charge in [0.15, 0.2) is 11.5 Å². The van der Waals surface area contributed by atoms with E-state index >= 15 is 0 Å². The first-order valence-corrected chi connectivity index (χ1v) is 7.55. The Kier molecular flexibility index (Phi) is 4.54. The quantitative estimate of drug-likeness (QED) is 0.937. The molecule has 0 atom stereocenters. The SMILES string of the molecule is COc1ccc(-c2nc(C(C)(C)C)c(CO)s2)cc1OC. The van der Waals surface area contributed by atoms with Gasteiger partial charge in [-0.2, -0.15) is 0 Å². The lowest BCUT2D eigenvalue weighted by Crippen LogP contribution is -2.14. The van der Waals surface area contributed by atoms with Gasteiger partial charge >= 0.3 is 0 Å². The minimum Gasteiger partial charge on any atom is -0.493 e. The molecular weight excluding hydrogens is 286 g/mol. The van der Waals surface area contributed by atoms with E-state index in [2.05, 4.69) is 20.8 Å². The van der Waals surface area contributed by atoms with Gasteiger partial charge in [-0.1, -0.05) is 20.8 Å². The minimum atomic E-state index is -0.0939. The van der Waals surface area contributed by atoms with Crippen molar-refractivity contribution in [2.45, 2.75) is 32.8 Å². The number of nitrogens with zero attached hydrogens (tertiary/aromatic N) is 1. The summed E-state index contributed by atoms with van der Waals surface area (Å²) in [5.41, 5.74) is 1.81. The molecule has 0 aliphatic rings. The van der Waals surface area contributed by atoms with Crippen molar-refractivity contribution in [3.8, 4) is 22.1 Å². The Hall–Kier alpha value is -1.59. The van der Waals surface area contributed by atoms with E-state index in [1.54, 1.807) is 14.2 Å². The van der Waals surface area contributed by atoms with E-state index in [9.17, 15) is 5.11 Å². The Morgan fingerprint density at radius 1 is 1.14 bits per heavy atom. The molecule has 1 aromatic carbocycles. The predicted molar refractivity (Wildman–Crippen MR) is 85.3 cm³/mol. The summed E-state index contributed by atoms with van der Waals surface area (Å²) in [7, 11) is 3.23. The summed E-state index contributed by atoms with van der Waals surface area (Å²) in [6, 6.07) is 5.73. The monoisotopic (exact) mass is 307 g/mol. The number of thiazole rings is 1. The minimum absolute atomic E-state index is 0.0115. The molecule has 0 bridgehead atoms. The molecule has 21 heavy (non-hydrogen) atoms. The Labute approximate surface area is 129 Å². The van der Waals surface area contributed by atoms with Gasteiger partial charge in [-0.3, -0.25) is 0 Å². The normalized spacial score (nSPS) is 11.5. The van der Waals surface area contributed by atoms with E-state index in [0.29, 0.717) is 11.5 Å². The molecule has 0 aliphatic heterocycles. The number of hydrogen-bond donors (Lipinski definition) is 1. The van der Waals surface area contributed by atoms with Crippen LogP contribution in [0.1, 0.15) is 31.3 Å². The molecule has 0 amide bonds. The van der Waals surface area contributed by atoms with Gasteiger partial charge in [-0.15, -0.1) is 11.3 Å². The Morgan fingerprint density at radius 2 is 1.81 bits per heavy atom. The highest BCUT2D eigenvalue weighted by Gasteiger charge is 2.23. The van der Waals surface area contributed by atoms with Crippen LogP contribution >= 0.6 is 11.3 Å². The molecule has 1 N–H and O–H groups in total. The Morgan fingerprint density at radius 3 is 2.29 bits per heavy atom.